The molecule has 0 unspecified atom stereocenters. The van der Waals surface area contributed by atoms with Crippen LogP contribution in [0.1, 0.15) is 54.4 Å². The summed E-state index contributed by atoms with van der Waals surface area (Å²) in [6, 6.07) is 12.0. The zero-order chi connectivity index (χ0) is 23.8. The van der Waals surface area contributed by atoms with E-state index in [2.05, 4.69) is 40.5 Å². The normalized spacial score (nSPS) is 16.2. The number of carbonyl (C=O) groups is 1. The molecule has 1 saturated heterocycles. The van der Waals surface area contributed by atoms with Crippen LogP contribution in [0.2, 0.25) is 0 Å². The molecule has 1 aliphatic rings. The van der Waals surface area contributed by atoms with E-state index in [1.165, 1.54) is 0 Å². The maximum atomic E-state index is 12.3. The molecule has 1 N–H and O–H groups in total. The Morgan fingerprint density at radius 1 is 1.03 bits per heavy atom. The van der Waals surface area contributed by atoms with Gasteiger partial charge in [0.2, 0.25) is 5.91 Å². The molecule has 176 valence electrons. The SMILES string of the molecule is CC(C)(C)C(=O)Nc1ccc2c(ccn2-c2ccc(OC3CCN(C(C)(C)C)CC3)cn2)c1. The highest BCUT2D eigenvalue weighted by Crippen LogP contribution is 2.27. The van der Waals surface area contributed by atoms with Gasteiger partial charge in [-0.25, -0.2) is 4.98 Å². The summed E-state index contributed by atoms with van der Waals surface area (Å²) in [6.45, 7) is 14.7. The number of nitrogens with one attached hydrogen (secondary N) is 1. The van der Waals surface area contributed by atoms with Crippen molar-refractivity contribution in [2.24, 2.45) is 5.41 Å². The lowest BCUT2D eigenvalue weighted by atomic mass is 9.95. The number of piperidine rings is 1. The first-order valence-electron chi connectivity index (χ1n) is 11.8. The van der Waals surface area contributed by atoms with Crippen LogP contribution in [0.3, 0.4) is 0 Å². The molecule has 4 rings (SSSR count). The van der Waals surface area contributed by atoms with E-state index in [0.29, 0.717) is 0 Å². The van der Waals surface area contributed by atoms with Gasteiger partial charge in [-0.1, -0.05) is 20.8 Å². The van der Waals surface area contributed by atoms with Crippen LogP contribution >= 0.6 is 0 Å². The number of aromatic nitrogens is 2. The van der Waals surface area contributed by atoms with Crippen LogP contribution in [-0.2, 0) is 4.79 Å². The van der Waals surface area contributed by atoms with E-state index >= 15 is 0 Å². The lowest BCUT2D eigenvalue weighted by molar-refractivity contribution is -0.123. The average molecular weight is 449 g/mol. The molecule has 1 amide bonds. The first kappa shape index (κ1) is 23.3. The second-order valence-corrected chi connectivity index (χ2v) is 11.0. The van der Waals surface area contributed by atoms with Gasteiger partial charge in [0.15, 0.2) is 0 Å². The lowest BCUT2D eigenvalue weighted by Crippen LogP contribution is -2.48. The van der Waals surface area contributed by atoms with Gasteiger partial charge in [0.05, 0.1) is 11.7 Å². The molecule has 0 aliphatic carbocycles. The molecule has 2 aromatic heterocycles. The van der Waals surface area contributed by atoms with E-state index < -0.39 is 5.41 Å². The standard InChI is InChI=1S/C27H36N4O2/c1-26(2,3)25(32)29-20-7-9-23-19(17-20)11-16-31(23)24-10-8-22(18-28-24)33-21-12-14-30(15-13-21)27(4,5)6/h7-11,16-18,21H,12-15H2,1-6H3,(H,29,32). The number of benzene rings is 1. The molecule has 33 heavy (non-hydrogen) atoms. The highest BCUT2D eigenvalue weighted by atomic mass is 16.5. The maximum Gasteiger partial charge on any atom is 0.229 e. The van der Waals surface area contributed by atoms with Crippen molar-refractivity contribution in [2.75, 3.05) is 18.4 Å². The Bertz CT molecular complexity index is 1110. The summed E-state index contributed by atoms with van der Waals surface area (Å²) in [4.78, 5) is 19.5. The zero-order valence-corrected chi connectivity index (χ0v) is 20.7. The van der Waals surface area contributed by atoms with Crippen molar-refractivity contribution < 1.29 is 9.53 Å². The van der Waals surface area contributed by atoms with Gasteiger partial charge in [-0.05, 0) is 70.0 Å². The van der Waals surface area contributed by atoms with Crippen LogP contribution in [0.25, 0.3) is 16.7 Å². The fourth-order valence-electron chi connectivity index (χ4n) is 4.16. The van der Waals surface area contributed by atoms with Crippen LogP contribution in [0.5, 0.6) is 5.75 Å². The molecule has 0 atom stereocenters. The van der Waals surface area contributed by atoms with E-state index in [0.717, 1.165) is 54.1 Å². The van der Waals surface area contributed by atoms with Crippen LogP contribution in [0.15, 0.2) is 48.8 Å². The summed E-state index contributed by atoms with van der Waals surface area (Å²) < 4.78 is 8.27. The van der Waals surface area contributed by atoms with Crippen molar-refractivity contribution in [2.45, 2.75) is 66.0 Å². The molecular formula is C27H36N4O2. The summed E-state index contributed by atoms with van der Waals surface area (Å²) >= 11 is 0. The Hall–Kier alpha value is -2.86. The van der Waals surface area contributed by atoms with E-state index in [1.54, 1.807) is 0 Å². The Balaban J connectivity index is 1.42. The quantitative estimate of drug-likeness (QED) is 0.560. The number of anilines is 1. The van der Waals surface area contributed by atoms with Crippen LogP contribution in [0, 0.1) is 5.41 Å². The minimum absolute atomic E-state index is 0.00242. The largest absolute Gasteiger partial charge is 0.489 e. The molecule has 0 radical (unpaired) electrons. The van der Waals surface area contributed by atoms with Gasteiger partial charge >= 0.3 is 0 Å². The van der Waals surface area contributed by atoms with Gasteiger partial charge in [0, 0.05) is 41.3 Å². The molecule has 6 nitrogen and oxygen atoms in total. The highest BCUT2D eigenvalue weighted by Gasteiger charge is 2.27. The van der Waals surface area contributed by atoms with Crippen molar-refractivity contribution in [3.05, 3.63) is 48.8 Å². The Labute approximate surface area is 196 Å². The first-order valence-corrected chi connectivity index (χ1v) is 11.8. The van der Waals surface area contributed by atoms with E-state index in [-0.39, 0.29) is 17.6 Å². The summed E-state index contributed by atoms with van der Waals surface area (Å²) in [7, 11) is 0. The molecule has 3 aromatic rings. The number of hydrogen-bond donors (Lipinski definition) is 1. The second-order valence-electron chi connectivity index (χ2n) is 11.0. The molecule has 1 aromatic carbocycles. The Kier molecular flexibility index (Phi) is 6.23. The number of pyridine rings is 1. The van der Waals surface area contributed by atoms with Crippen molar-refractivity contribution in [3.63, 3.8) is 0 Å². The van der Waals surface area contributed by atoms with Gasteiger partial charge in [0.1, 0.15) is 17.7 Å². The number of amides is 1. The van der Waals surface area contributed by atoms with Crippen molar-refractivity contribution >= 4 is 22.5 Å². The second kappa shape index (κ2) is 8.82. The number of likely N-dealkylation sites (tertiary alicyclic amines) is 1. The number of rotatable bonds is 4. The third-order valence-electron chi connectivity index (χ3n) is 6.29. The van der Waals surface area contributed by atoms with Gasteiger partial charge in [0.25, 0.3) is 0 Å². The van der Waals surface area contributed by atoms with Crippen molar-refractivity contribution in [1.29, 1.82) is 0 Å². The molecule has 1 aliphatic heterocycles. The minimum Gasteiger partial charge on any atom is -0.489 e. The smallest absolute Gasteiger partial charge is 0.229 e. The number of nitrogens with zero attached hydrogens (tertiary/aromatic N) is 3. The van der Waals surface area contributed by atoms with Crippen LogP contribution in [0.4, 0.5) is 5.69 Å². The molecule has 1 fully saturated rings. The Morgan fingerprint density at radius 2 is 1.76 bits per heavy atom. The van der Waals surface area contributed by atoms with Crippen molar-refractivity contribution in [1.82, 2.24) is 14.5 Å². The zero-order valence-electron chi connectivity index (χ0n) is 20.7. The predicted octanol–water partition coefficient (Wildman–Crippen LogP) is 5.65. The minimum atomic E-state index is -0.432. The maximum absolute atomic E-state index is 12.3. The van der Waals surface area contributed by atoms with E-state index in [9.17, 15) is 4.79 Å². The van der Waals surface area contributed by atoms with Gasteiger partial charge in [-0.2, -0.15) is 0 Å². The molecular weight excluding hydrogens is 412 g/mol. The summed E-state index contributed by atoms with van der Waals surface area (Å²) in [5, 5.41) is 4.05. The van der Waals surface area contributed by atoms with Crippen LogP contribution in [-0.4, -0.2) is 45.1 Å². The molecule has 0 bridgehead atoms. The fraction of sp³-hybridized carbons (Fsp3) is 0.481. The summed E-state index contributed by atoms with van der Waals surface area (Å²) in [5.74, 6) is 1.66. The Morgan fingerprint density at radius 3 is 2.36 bits per heavy atom. The summed E-state index contributed by atoms with van der Waals surface area (Å²) in [5.41, 5.74) is 1.62. The monoisotopic (exact) mass is 448 g/mol. The predicted molar refractivity (Wildman–Crippen MR) is 134 cm³/mol. The van der Waals surface area contributed by atoms with Crippen molar-refractivity contribution in [3.8, 4) is 11.6 Å². The lowest BCUT2D eigenvalue weighted by Gasteiger charge is -2.40. The molecule has 6 heteroatoms. The van der Waals surface area contributed by atoms with Gasteiger partial charge < -0.3 is 14.6 Å². The van der Waals surface area contributed by atoms with E-state index in [1.807, 2.05) is 69.6 Å². The number of ether oxygens (including phenoxy) is 1. The van der Waals surface area contributed by atoms with Crippen LogP contribution < -0.4 is 10.1 Å². The third kappa shape index (κ3) is 5.38. The first-order chi connectivity index (χ1) is 15.5. The van der Waals surface area contributed by atoms with Gasteiger partial charge in [-0.3, -0.25) is 9.69 Å². The average Bonchev–Trinajstić information content (AvgIpc) is 3.16. The molecule has 0 saturated carbocycles. The number of carbonyl (C=O) groups excluding carboxylic acids is 1. The fourth-order valence-corrected chi connectivity index (χ4v) is 4.16. The highest BCUT2D eigenvalue weighted by molar-refractivity contribution is 5.96. The van der Waals surface area contributed by atoms with E-state index in [4.69, 9.17) is 4.74 Å². The summed E-state index contributed by atoms with van der Waals surface area (Å²) in [6.07, 6.45) is 6.13. The van der Waals surface area contributed by atoms with Gasteiger partial charge in [-0.15, -0.1) is 0 Å². The molecule has 0 spiro atoms. The number of hydrogen-bond acceptors (Lipinski definition) is 4. The molecule has 3 heterocycles. The third-order valence-corrected chi connectivity index (χ3v) is 6.29. The topological polar surface area (TPSA) is 59.4 Å². The number of fused-ring (bicyclic) bond motifs is 1.